The standard InChI is InChI=1S/C19H35N3O2/c1-14(2)18(23)22-10-6-16(7-11-22)19(24)20(5)17-8-12-21(13-9-17)15(3)4/h14-17H,6-13H2,1-5H3. The van der Waals surface area contributed by atoms with Gasteiger partial charge in [0, 0.05) is 57.1 Å². The molecule has 0 saturated carbocycles. The van der Waals surface area contributed by atoms with E-state index in [1.165, 1.54) is 0 Å². The van der Waals surface area contributed by atoms with Gasteiger partial charge in [0.25, 0.3) is 0 Å². The molecular formula is C19H35N3O2. The van der Waals surface area contributed by atoms with Crippen LogP contribution in [0.2, 0.25) is 0 Å². The number of piperidine rings is 2. The summed E-state index contributed by atoms with van der Waals surface area (Å²) in [5.74, 6) is 0.644. The summed E-state index contributed by atoms with van der Waals surface area (Å²) in [6.45, 7) is 12.0. The van der Waals surface area contributed by atoms with Crippen LogP contribution in [0, 0.1) is 11.8 Å². The minimum atomic E-state index is 0.0473. The average Bonchev–Trinajstić information content (AvgIpc) is 2.60. The largest absolute Gasteiger partial charge is 0.342 e. The minimum Gasteiger partial charge on any atom is -0.342 e. The summed E-state index contributed by atoms with van der Waals surface area (Å²) in [6.07, 6.45) is 3.77. The van der Waals surface area contributed by atoms with Crippen LogP contribution in [-0.4, -0.2) is 71.8 Å². The van der Waals surface area contributed by atoms with Crippen molar-refractivity contribution in [2.24, 2.45) is 11.8 Å². The lowest BCUT2D eigenvalue weighted by molar-refractivity contribution is -0.143. The molecule has 0 unspecified atom stereocenters. The summed E-state index contributed by atoms with van der Waals surface area (Å²) >= 11 is 0. The third-order valence-electron chi connectivity index (χ3n) is 5.77. The maximum absolute atomic E-state index is 12.8. The molecule has 2 aliphatic rings. The number of rotatable bonds is 4. The summed E-state index contributed by atoms with van der Waals surface area (Å²) in [5, 5.41) is 0. The maximum Gasteiger partial charge on any atom is 0.225 e. The van der Waals surface area contributed by atoms with E-state index >= 15 is 0 Å². The molecule has 2 amide bonds. The van der Waals surface area contributed by atoms with Crippen molar-refractivity contribution in [3.05, 3.63) is 0 Å². The molecule has 2 fully saturated rings. The third kappa shape index (κ3) is 4.50. The van der Waals surface area contributed by atoms with E-state index in [0.717, 1.165) is 51.9 Å². The van der Waals surface area contributed by atoms with E-state index in [9.17, 15) is 9.59 Å². The lowest BCUT2D eigenvalue weighted by Gasteiger charge is -2.40. The highest BCUT2D eigenvalue weighted by Crippen LogP contribution is 2.24. The second-order valence-corrected chi connectivity index (χ2v) is 8.06. The van der Waals surface area contributed by atoms with Crippen molar-refractivity contribution in [2.45, 2.75) is 65.5 Å². The van der Waals surface area contributed by atoms with Gasteiger partial charge in [-0.3, -0.25) is 9.59 Å². The van der Waals surface area contributed by atoms with Gasteiger partial charge >= 0.3 is 0 Å². The van der Waals surface area contributed by atoms with E-state index in [4.69, 9.17) is 0 Å². The third-order valence-corrected chi connectivity index (χ3v) is 5.77. The fraction of sp³-hybridized carbons (Fsp3) is 0.895. The van der Waals surface area contributed by atoms with E-state index in [1.807, 2.05) is 30.7 Å². The predicted molar refractivity (Wildman–Crippen MR) is 96.6 cm³/mol. The molecule has 24 heavy (non-hydrogen) atoms. The summed E-state index contributed by atoms with van der Waals surface area (Å²) < 4.78 is 0. The van der Waals surface area contributed by atoms with Crippen molar-refractivity contribution in [3.63, 3.8) is 0 Å². The number of amides is 2. The van der Waals surface area contributed by atoms with Gasteiger partial charge in [-0.25, -0.2) is 0 Å². The lowest BCUT2D eigenvalue weighted by Crippen LogP contribution is -2.50. The first-order chi connectivity index (χ1) is 11.3. The summed E-state index contributed by atoms with van der Waals surface area (Å²) in [5.41, 5.74) is 0. The maximum atomic E-state index is 12.8. The molecule has 0 aromatic rings. The Morgan fingerprint density at radius 3 is 1.92 bits per heavy atom. The Hall–Kier alpha value is -1.10. The Morgan fingerprint density at radius 1 is 0.917 bits per heavy atom. The molecule has 0 radical (unpaired) electrons. The Kier molecular flexibility index (Phi) is 6.67. The van der Waals surface area contributed by atoms with Crippen LogP contribution in [0.3, 0.4) is 0 Å². The van der Waals surface area contributed by atoms with Crippen molar-refractivity contribution in [3.8, 4) is 0 Å². The molecule has 2 heterocycles. The molecule has 138 valence electrons. The van der Waals surface area contributed by atoms with Crippen LogP contribution in [0.1, 0.15) is 53.4 Å². The van der Waals surface area contributed by atoms with Crippen molar-refractivity contribution in [1.29, 1.82) is 0 Å². The highest BCUT2D eigenvalue weighted by atomic mass is 16.2. The average molecular weight is 338 g/mol. The quantitative estimate of drug-likeness (QED) is 0.790. The molecule has 0 atom stereocenters. The topological polar surface area (TPSA) is 43.9 Å². The fourth-order valence-electron chi connectivity index (χ4n) is 3.97. The molecule has 0 aliphatic carbocycles. The van der Waals surface area contributed by atoms with Crippen LogP contribution in [0.15, 0.2) is 0 Å². The zero-order chi connectivity index (χ0) is 17.9. The molecule has 0 bridgehead atoms. The number of likely N-dealkylation sites (tertiary alicyclic amines) is 2. The zero-order valence-corrected chi connectivity index (χ0v) is 16.1. The van der Waals surface area contributed by atoms with Gasteiger partial charge < -0.3 is 14.7 Å². The van der Waals surface area contributed by atoms with Crippen molar-refractivity contribution in [2.75, 3.05) is 33.2 Å². The summed E-state index contributed by atoms with van der Waals surface area (Å²) in [7, 11) is 1.98. The van der Waals surface area contributed by atoms with Crippen molar-refractivity contribution < 1.29 is 9.59 Å². The van der Waals surface area contributed by atoms with Gasteiger partial charge in [0.1, 0.15) is 0 Å². The van der Waals surface area contributed by atoms with Gasteiger partial charge in [0.15, 0.2) is 0 Å². The Balaban J connectivity index is 1.81. The van der Waals surface area contributed by atoms with Crippen molar-refractivity contribution in [1.82, 2.24) is 14.7 Å². The Morgan fingerprint density at radius 2 is 1.46 bits per heavy atom. The molecule has 2 rings (SSSR count). The number of carbonyl (C=O) groups excluding carboxylic acids is 2. The monoisotopic (exact) mass is 337 g/mol. The Bertz CT molecular complexity index is 434. The van der Waals surface area contributed by atoms with Gasteiger partial charge in [-0.05, 0) is 39.5 Å². The van der Waals surface area contributed by atoms with E-state index in [2.05, 4.69) is 18.7 Å². The molecule has 2 saturated heterocycles. The lowest BCUT2D eigenvalue weighted by atomic mass is 9.93. The molecule has 5 nitrogen and oxygen atoms in total. The molecular weight excluding hydrogens is 302 g/mol. The summed E-state index contributed by atoms with van der Waals surface area (Å²) in [6, 6.07) is 0.970. The molecule has 5 heteroatoms. The van der Waals surface area contributed by atoms with E-state index < -0.39 is 0 Å². The number of nitrogens with zero attached hydrogens (tertiary/aromatic N) is 3. The fourth-order valence-corrected chi connectivity index (χ4v) is 3.97. The van der Waals surface area contributed by atoms with Gasteiger partial charge in [0.2, 0.25) is 11.8 Å². The highest BCUT2D eigenvalue weighted by molar-refractivity contribution is 5.81. The van der Waals surface area contributed by atoms with Crippen LogP contribution in [-0.2, 0) is 9.59 Å². The molecule has 2 aliphatic heterocycles. The predicted octanol–water partition coefficient (Wildman–Crippen LogP) is 2.21. The van der Waals surface area contributed by atoms with E-state index in [-0.39, 0.29) is 23.7 Å². The second kappa shape index (κ2) is 8.32. The number of carbonyl (C=O) groups is 2. The smallest absolute Gasteiger partial charge is 0.225 e. The van der Waals surface area contributed by atoms with Crippen LogP contribution in [0.25, 0.3) is 0 Å². The van der Waals surface area contributed by atoms with Gasteiger partial charge in [-0.1, -0.05) is 13.8 Å². The highest BCUT2D eigenvalue weighted by Gasteiger charge is 2.33. The van der Waals surface area contributed by atoms with Gasteiger partial charge in [-0.2, -0.15) is 0 Å². The molecule has 0 N–H and O–H groups in total. The first-order valence-corrected chi connectivity index (χ1v) is 9.60. The normalized spacial score (nSPS) is 21.5. The van der Waals surface area contributed by atoms with Crippen molar-refractivity contribution >= 4 is 11.8 Å². The van der Waals surface area contributed by atoms with Crippen LogP contribution < -0.4 is 0 Å². The summed E-state index contributed by atoms with van der Waals surface area (Å²) in [4.78, 5) is 31.3. The van der Waals surface area contributed by atoms with Gasteiger partial charge in [0.05, 0.1) is 0 Å². The van der Waals surface area contributed by atoms with E-state index in [0.29, 0.717) is 12.1 Å². The SMILES string of the molecule is CC(C)C(=O)N1CCC(C(=O)N(C)C2CCN(C(C)C)CC2)CC1. The molecule has 0 aromatic heterocycles. The number of hydrogen-bond acceptors (Lipinski definition) is 3. The van der Waals surface area contributed by atoms with Crippen LogP contribution in [0.5, 0.6) is 0 Å². The number of hydrogen-bond donors (Lipinski definition) is 0. The zero-order valence-electron chi connectivity index (χ0n) is 16.1. The first-order valence-electron chi connectivity index (χ1n) is 9.60. The second-order valence-electron chi connectivity index (χ2n) is 8.06. The van der Waals surface area contributed by atoms with Crippen LogP contribution in [0.4, 0.5) is 0 Å². The first kappa shape index (κ1) is 19.2. The minimum absolute atomic E-state index is 0.0473. The van der Waals surface area contributed by atoms with Gasteiger partial charge in [-0.15, -0.1) is 0 Å². The Labute approximate surface area is 147 Å². The molecule has 0 aromatic carbocycles. The van der Waals surface area contributed by atoms with E-state index in [1.54, 1.807) is 0 Å². The molecule has 0 spiro atoms. The van der Waals surface area contributed by atoms with Crippen LogP contribution >= 0.6 is 0 Å².